The van der Waals surface area contributed by atoms with Crippen molar-refractivity contribution in [3.63, 3.8) is 0 Å². The molecule has 1 saturated heterocycles. The summed E-state index contributed by atoms with van der Waals surface area (Å²) in [6.07, 6.45) is 2.10. The largest absolute Gasteiger partial charge is 0.351 e. The number of amides is 1. The molecule has 2 N–H and O–H groups in total. The molecular weight excluding hydrogens is 262 g/mol. The molecular formula is C17H27N3O. The molecule has 1 aromatic rings. The minimum Gasteiger partial charge on any atom is -0.351 e. The van der Waals surface area contributed by atoms with Crippen molar-refractivity contribution in [2.24, 2.45) is 5.92 Å². The van der Waals surface area contributed by atoms with Crippen LogP contribution in [0.5, 0.6) is 0 Å². The molecule has 1 aliphatic heterocycles. The number of carbonyl (C=O) groups is 1. The van der Waals surface area contributed by atoms with E-state index in [0.717, 1.165) is 25.9 Å². The van der Waals surface area contributed by atoms with E-state index in [9.17, 15) is 4.79 Å². The molecule has 1 aliphatic rings. The Morgan fingerprint density at radius 1 is 1.33 bits per heavy atom. The van der Waals surface area contributed by atoms with Crippen LogP contribution in [0.15, 0.2) is 24.3 Å². The van der Waals surface area contributed by atoms with Gasteiger partial charge in [0.25, 0.3) is 0 Å². The number of piperidine rings is 1. The van der Waals surface area contributed by atoms with Crippen LogP contribution < -0.4 is 10.6 Å². The number of benzene rings is 1. The molecule has 0 bridgehead atoms. The highest BCUT2D eigenvalue weighted by molar-refractivity contribution is 5.81. The van der Waals surface area contributed by atoms with Crippen molar-refractivity contribution < 1.29 is 4.79 Å². The molecule has 116 valence electrons. The standard InChI is InChI=1S/C17H27N3O/c1-13-8-9-18-16(10-13)17(21)19-11-14-6-4-5-7-15(14)12-20(2)3/h4-7,13,16,18H,8-12H2,1-3H3,(H,19,21). The first-order valence-corrected chi connectivity index (χ1v) is 7.79. The molecule has 0 spiro atoms. The SMILES string of the molecule is CC1CCNC(C(=O)NCc2ccccc2CN(C)C)C1. The molecule has 0 saturated carbocycles. The van der Waals surface area contributed by atoms with E-state index in [0.29, 0.717) is 12.5 Å². The molecule has 1 aromatic carbocycles. The van der Waals surface area contributed by atoms with Gasteiger partial charge in [-0.1, -0.05) is 31.2 Å². The van der Waals surface area contributed by atoms with Crippen LogP contribution in [-0.2, 0) is 17.9 Å². The van der Waals surface area contributed by atoms with E-state index in [4.69, 9.17) is 0 Å². The second-order valence-corrected chi connectivity index (χ2v) is 6.36. The summed E-state index contributed by atoms with van der Waals surface area (Å²) in [6, 6.07) is 8.27. The summed E-state index contributed by atoms with van der Waals surface area (Å²) in [5.41, 5.74) is 2.47. The summed E-state index contributed by atoms with van der Waals surface area (Å²) in [5.74, 6) is 0.754. The van der Waals surface area contributed by atoms with E-state index in [1.54, 1.807) is 0 Å². The van der Waals surface area contributed by atoms with Crippen molar-refractivity contribution in [1.29, 1.82) is 0 Å². The smallest absolute Gasteiger partial charge is 0.237 e. The fourth-order valence-electron chi connectivity index (χ4n) is 2.84. The van der Waals surface area contributed by atoms with Crippen LogP contribution in [0.25, 0.3) is 0 Å². The average Bonchev–Trinajstić information content (AvgIpc) is 2.45. The van der Waals surface area contributed by atoms with Gasteiger partial charge in [-0.05, 0) is 50.5 Å². The number of carbonyl (C=O) groups excluding carboxylic acids is 1. The van der Waals surface area contributed by atoms with Crippen LogP contribution in [0.4, 0.5) is 0 Å². The summed E-state index contributed by atoms with van der Waals surface area (Å²) in [5, 5.41) is 6.40. The maximum atomic E-state index is 12.3. The van der Waals surface area contributed by atoms with Gasteiger partial charge in [-0.3, -0.25) is 4.79 Å². The van der Waals surface area contributed by atoms with Gasteiger partial charge in [-0.2, -0.15) is 0 Å². The van der Waals surface area contributed by atoms with E-state index >= 15 is 0 Å². The lowest BCUT2D eigenvalue weighted by atomic mass is 9.94. The monoisotopic (exact) mass is 289 g/mol. The molecule has 2 unspecified atom stereocenters. The highest BCUT2D eigenvalue weighted by atomic mass is 16.2. The van der Waals surface area contributed by atoms with Crippen LogP contribution in [0.2, 0.25) is 0 Å². The predicted octanol–water partition coefficient (Wildman–Crippen LogP) is 1.75. The fraction of sp³-hybridized carbons (Fsp3) is 0.588. The van der Waals surface area contributed by atoms with Gasteiger partial charge in [0.1, 0.15) is 0 Å². The summed E-state index contributed by atoms with van der Waals surface area (Å²) >= 11 is 0. The molecule has 4 heteroatoms. The fourth-order valence-corrected chi connectivity index (χ4v) is 2.84. The molecule has 1 fully saturated rings. The summed E-state index contributed by atoms with van der Waals surface area (Å²) in [7, 11) is 4.12. The number of hydrogen-bond acceptors (Lipinski definition) is 3. The Hall–Kier alpha value is -1.39. The second kappa shape index (κ2) is 7.57. The molecule has 4 nitrogen and oxygen atoms in total. The number of nitrogens with zero attached hydrogens (tertiary/aromatic N) is 1. The molecule has 2 rings (SSSR count). The topological polar surface area (TPSA) is 44.4 Å². The lowest BCUT2D eigenvalue weighted by molar-refractivity contribution is -0.124. The van der Waals surface area contributed by atoms with Gasteiger partial charge in [-0.15, -0.1) is 0 Å². The van der Waals surface area contributed by atoms with Crippen molar-refractivity contribution >= 4 is 5.91 Å². The highest BCUT2D eigenvalue weighted by Gasteiger charge is 2.24. The van der Waals surface area contributed by atoms with E-state index in [2.05, 4.69) is 54.8 Å². The third-order valence-electron chi connectivity index (χ3n) is 4.04. The van der Waals surface area contributed by atoms with Crippen LogP contribution >= 0.6 is 0 Å². The molecule has 0 aliphatic carbocycles. The maximum absolute atomic E-state index is 12.3. The maximum Gasteiger partial charge on any atom is 0.237 e. The van der Waals surface area contributed by atoms with E-state index < -0.39 is 0 Å². The van der Waals surface area contributed by atoms with Crippen molar-refractivity contribution in [3.05, 3.63) is 35.4 Å². The van der Waals surface area contributed by atoms with Crippen molar-refractivity contribution in [1.82, 2.24) is 15.5 Å². The first-order chi connectivity index (χ1) is 10.1. The van der Waals surface area contributed by atoms with Crippen molar-refractivity contribution in [2.75, 3.05) is 20.6 Å². The van der Waals surface area contributed by atoms with Crippen LogP contribution in [0, 0.1) is 5.92 Å². The zero-order chi connectivity index (χ0) is 15.2. The van der Waals surface area contributed by atoms with Crippen molar-refractivity contribution in [3.8, 4) is 0 Å². The third kappa shape index (κ3) is 4.83. The zero-order valence-electron chi connectivity index (χ0n) is 13.4. The molecule has 0 radical (unpaired) electrons. The third-order valence-corrected chi connectivity index (χ3v) is 4.04. The minimum atomic E-state index is -0.0326. The van der Waals surface area contributed by atoms with Gasteiger partial charge in [-0.25, -0.2) is 0 Å². The Kier molecular flexibility index (Phi) is 5.76. The summed E-state index contributed by atoms with van der Waals surface area (Å²) in [6.45, 7) is 4.66. The Morgan fingerprint density at radius 2 is 2.05 bits per heavy atom. The first-order valence-electron chi connectivity index (χ1n) is 7.79. The van der Waals surface area contributed by atoms with Gasteiger partial charge in [0, 0.05) is 13.1 Å². The Balaban J connectivity index is 1.91. The molecule has 21 heavy (non-hydrogen) atoms. The van der Waals surface area contributed by atoms with Crippen LogP contribution in [-0.4, -0.2) is 37.5 Å². The average molecular weight is 289 g/mol. The summed E-state index contributed by atoms with van der Waals surface area (Å²) in [4.78, 5) is 14.4. The van der Waals surface area contributed by atoms with Gasteiger partial charge >= 0.3 is 0 Å². The molecule has 0 aromatic heterocycles. The number of rotatable bonds is 5. The molecule has 1 heterocycles. The van der Waals surface area contributed by atoms with Gasteiger partial charge in [0.15, 0.2) is 0 Å². The lowest BCUT2D eigenvalue weighted by Crippen LogP contribution is -2.48. The Morgan fingerprint density at radius 3 is 2.71 bits per heavy atom. The lowest BCUT2D eigenvalue weighted by Gasteiger charge is -2.27. The normalized spacial score (nSPS) is 22.3. The van der Waals surface area contributed by atoms with Gasteiger partial charge in [0.05, 0.1) is 6.04 Å². The second-order valence-electron chi connectivity index (χ2n) is 6.36. The van der Waals surface area contributed by atoms with Crippen LogP contribution in [0.3, 0.4) is 0 Å². The van der Waals surface area contributed by atoms with Crippen molar-refractivity contribution in [2.45, 2.75) is 38.9 Å². The zero-order valence-corrected chi connectivity index (χ0v) is 13.4. The van der Waals surface area contributed by atoms with E-state index in [-0.39, 0.29) is 11.9 Å². The number of hydrogen-bond donors (Lipinski definition) is 2. The van der Waals surface area contributed by atoms with E-state index in [1.165, 1.54) is 11.1 Å². The predicted molar refractivity (Wildman–Crippen MR) is 85.9 cm³/mol. The van der Waals surface area contributed by atoms with Gasteiger partial charge in [0.2, 0.25) is 5.91 Å². The van der Waals surface area contributed by atoms with E-state index in [1.807, 2.05) is 6.07 Å². The minimum absolute atomic E-state index is 0.0326. The molecule has 1 amide bonds. The van der Waals surface area contributed by atoms with Crippen LogP contribution in [0.1, 0.15) is 30.9 Å². The Labute approximate surface area is 127 Å². The quantitative estimate of drug-likeness (QED) is 0.868. The highest BCUT2D eigenvalue weighted by Crippen LogP contribution is 2.15. The molecule has 2 atom stereocenters. The number of nitrogens with one attached hydrogen (secondary N) is 2. The Bertz CT molecular complexity index is 473. The first kappa shape index (κ1) is 16.0. The summed E-state index contributed by atoms with van der Waals surface area (Å²) < 4.78 is 0. The van der Waals surface area contributed by atoms with Gasteiger partial charge < -0.3 is 15.5 Å².